The van der Waals surface area contributed by atoms with Crippen LogP contribution in [0.15, 0.2) is 48.5 Å². The van der Waals surface area contributed by atoms with Gasteiger partial charge in [-0.1, -0.05) is 44.2 Å². The average molecular weight is 308 g/mol. The van der Waals surface area contributed by atoms with E-state index in [1.54, 1.807) is 6.07 Å². The van der Waals surface area contributed by atoms with Crippen molar-refractivity contribution in [3.8, 4) is 0 Å². The van der Waals surface area contributed by atoms with Crippen molar-refractivity contribution >= 4 is 27.7 Å². The summed E-state index contributed by atoms with van der Waals surface area (Å²) in [5.41, 5.74) is 2.08. The van der Waals surface area contributed by atoms with Crippen molar-refractivity contribution < 1.29 is 9.90 Å². The van der Waals surface area contributed by atoms with Gasteiger partial charge in [0.25, 0.3) is 5.91 Å². The van der Waals surface area contributed by atoms with Crippen molar-refractivity contribution in [1.29, 1.82) is 0 Å². The van der Waals surface area contributed by atoms with Crippen LogP contribution in [0.1, 0.15) is 24.2 Å². The number of hydrogen-bond donors (Lipinski definition) is 2. The number of amides is 1. The quantitative estimate of drug-likeness (QED) is 0.728. The van der Waals surface area contributed by atoms with E-state index in [1.165, 1.54) is 0 Å². The molecule has 0 unspecified atom stereocenters. The summed E-state index contributed by atoms with van der Waals surface area (Å²) >= 11 is 0. The van der Waals surface area contributed by atoms with Gasteiger partial charge in [-0.3, -0.25) is 4.79 Å². The second kappa shape index (κ2) is 6.34. The second-order valence-electron chi connectivity index (χ2n) is 6.06. The van der Waals surface area contributed by atoms with Crippen LogP contribution in [0, 0.1) is 5.92 Å². The minimum atomic E-state index is -0.266. The van der Waals surface area contributed by atoms with Gasteiger partial charge in [0.05, 0.1) is 29.2 Å². The lowest BCUT2D eigenvalue weighted by atomic mass is 10.0. The summed E-state index contributed by atoms with van der Waals surface area (Å²) < 4.78 is 0. The Morgan fingerprint density at radius 1 is 1.13 bits per heavy atom. The van der Waals surface area contributed by atoms with E-state index in [4.69, 9.17) is 0 Å². The first-order valence-corrected chi connectivity index (χ1v) is 7.80. The first-order chi connectivity index (χ1) is 11.1. The number of benzene rings is 2. The van der Waals surface area contributed by atoms with Crippen molar-refractivity contribution in [1.82, 2.24) is 10.3 Å². The summed E-state index contributed by atoms with van der Waals surface area (Å²) in [7, 11) is 0. The summed E-state index contributed by atoms with van der Waals surface area (Å²) in [6.07, 6.45) is 0. The fourth-order valence-electron chi connectivity index (χ4n) is 2.65. The zero-order valence-electron chi connectivity index (χ0n) is 13.3. The summed E-state index contributed by atoms with van der Waals surface area (Å²) in [6, 6.07) is 15.2. The van der Waals surface area contributed by atoms with Crippen LogP contribution in [-0.4, -0.2) is 28.6 Å². The lowest BCUT2D eigenvalue weighted by molar-refractivity contribution is 0.0898. The molecular formula is C19H20N2O2. The maximum atomic E-state index is 12.6. The van der Waals surface area contributed by atoms with E-state index in [9.17, 15) is 9.90 Å². The maximum Gasteiger partial charge on any atom is 0.253 e. The molecule has 0 radical (unpaired) electrons. The Balaban J connectivity index is 2.06. The van der Waals surface area contributed by atoms with Crippen LogP contribution in [0.25, 0.3) is 21.8 Å². The molecule has 118 valence electrons. The Kier molecular flexibility index (Phi) is 4.26. The van der Waals surface area contributed by atoms with Gasteiger partial charge >= 0.3 is 0 Å². The monoisotopic (exact) mass is 308 g/mol. The highest BCUT2D eigenvalue weighted by Crippen LogP contribution is 2.22. The Labute approximate surface area is 135 Å². The predicted molar refractivity (Wildman–Crippen MR) is 92.4 cm³/mol. The van der Waals surface area contributed by atoms with Gasteiger partial charge in [-0.25, -0.2) is 4.98 Å². The Bertz CT molecular complexity index is 858. The number of carbonyl (C=O) groups excluding carboxylic acids is 1. The fourth-order valence-corrected chi connectivity index (χ4v) is 2.65. The molecule has 1 heterocycles. The molecule has 23 heavy (non-hydrogen) atoms. The van der Waals surface area contributed by atoms with Crippen LogP contribution in [0.5, 0.6) is 0 Å². The molecule has 1 atom stereocenters. The van der Waals surface area contributed by atoms with Crippen LogP contribution < -0.4 is 5.32 Å². The number of nitrogens with one attached hydrogen (secondary N) is 1. The molecule has 0 spiro atoms. The number of hydrogen-bond acceptors (Lipinski definition) is 3. The number of nitrogens with zero attached hydrogens (tertiary/aromatic N) is 1. The van der Waals surface area contributed by atoms with E-state index in [0.29, 0.717) is 11.1 Å². The van der Waals surface area contributed by atoms with Gasteiger partial charge in [-0.2, -0.15) is 0 Å². The number of rotatable bonds is 4. The zero-order chi connectivity index (χ0) is 16.4. The molecule has 0 saturated carbocycles. The molecule has 0 bridgehead atoms. The van der Waals surface area contributed by atoms with Crippen LogP contribution in [-0.2, 0) is 0 Å². The molecule has 2 N–H and O–H groups in total. The zero-order valence-corrected chi connectivity index (χ0v) is 13.3. The van der Waals surface area contributed by atoms with Crippen molar-refractivity contribution in [2.45, 2.75) is 19.9 Å². The molecule has 3 aromatic rings. The smallest absolute Gasteiger partial charge is 0.253 e. The molecular weight excluding hydrogens is 288 g/mol. The Morgan fingerprint density at radius 3 is 2.61 bits per heavy atom. The molecule has 0 aliphatic carbocycles. The molecule has 2 aromatic carbocycles. The maximum absolute atomic E-state index is 12.6. The standard InChI is InChI=1S/C19H20N2O2/c1-12(2)17(11-22)21-19(23)15-8-5-7-14-10-13-6-3-4-9-16(13)20-18(14)15/h3-10,12,17,22H,11H2,1-2H3,(H,21,23)/t17-/m1/s1. The molecule has 4 heteroatoms. The topological polar surface area (TPSA) is 62.2 Å². The van der Waals surface area contributed by atoms with Crippen LogP contribution in [0.2, 0.25) is 0 Å². The number of aromatic nitrogens is 1. The number of aliphatic hydroxyl groups excluding tert-OH is 1. The highest BCUT2D eigenvalue weighted by Gasteiger charge is 2.18. The summed E-state index contributed by atoms with van der Waals surface area (Å²) in [5.74, 6) is -0.0427. The third kappa shape index (κ3) is 3.03. The summed E-state index contributed by atoms with van der Waals surface area (Å²) in [5, 5.41) is 14.3. The molecule has 0 saturated heterocycles. The van der Waals surface area contributed by atoms with Crippen LogP contribution in [0.3, 0.4) is 0 Å². The van der Waals surface area contributed by atoms with E-state index in [-0.39, 0.29) is 24.5 Å². The first kappa shape index (κ1) is 15.4. The molecule has 1 aromatic heterocycles. The van der Waals surface area contributed by atoms with Gasteiger partial charge in [0.2, 0.25) is 0 Å². The number of carbonyl (C=O) groups is 1. The van der Waals surface area contributed by atoms with Gasteiger partial charge in [0, 0.05) is 10.8 Å². The largest absolute Gasteiger partial charge is 0.394 e. The Hall–Kier alpha value is -2.46. The van der Waals surface area contributed by atoms with Crippen LogP contribution in [0.4, 0.5) is 0 Å². The number of para-hydroxylation sites is 2. The molecule has 0 aliphatic heterocycles. The summed E-state index contributed by atoms with van der Waals surface area (Å²) in [6.45, 7) is 3.86. The van der Waals surface area contributed by atoms with Crippen molar-refractivity contribution in [3.05, 3.63) is 54.1 Å². The number of aliphatic hydroxyl groups is 1. The van der Waals surface area contributed by atoms with Crippen molar-refractivity contribution in [2.24, 2.45) is 5.92 Å². The van der Waals surface area contributed by atoms with Gasteiger partial charge in [-0.05, 0) is 24.1 Å². The second-order valence-corrected chi connectivity index (χ2v) is 6.06. The molecule has 0 fully saturated rings. The lowest BCUT2D eigenvalue weighted by Gasteiger charge is -2.20. The van der Waals surface area contributed by atoms with E-state index < -0.39 is 0 Å². The highest BCUT2D eigenvalue weighted by molar-refractivity contribution is 6.07. The van der Waals surface area contributed by atoms with E-state index in [1.807, 2.05) is 56.3 Å². The van der Waals surface area contributed by atoms with E-state index >= 15 is 0 Å². The van der Waals surface area contributed by atoms with Gasteiger partial charge in [0.15, 0.2) is 0 Å². The number of pyridine rings is 1. The van der Waals surface area contributed by atoms with Crippen LogP contribution >= 0.6 is 0 Å². The molecule has 1 amide bonds. The fraction of sp³-hybridized carbons (Fsp3) is 0.263. The van der Waals surface area contributed by atoms with Crippen molar-refractivity contribution in [3.63, 3.8) is 0 Å². The van der Waals surface area contributed by atoms with E-state index in [0.717, 1.165) is 16.3 Å². The SMILES string of the molecule is CC(C)[C@@H](CO)NC(=O)c1cccc2cc3ccccc3nc12. The lowest BCUT2D eigenvalue weighted by Crippen LogP contribution is -2.41. The average Bonchev–Trinajstić information content (AvgIpc) is 2.56. The number of fused-ring (bicyclic) bond motifs is 2. The van der Waals surface area contributed by atoms with Crippen molar-refractivity contribution in [2.75, 3.05) is 6.61 Å². The predicted octanol–water partition coefficient (Wildman–Crippen LogP) is 3.13. The summed E-state index contributed by atoms with van der Waals surface area (Å²) in [4.78, 5) is 17.3. The minimum absolute atomic E-state index is 0.0788. The van der Waals surface area contributed by atoms with E-state index in [2.05, 4.69) is 10.3 Å². The molecule has 3 rings (SSSR count). The minimum Gasteiger partial charge on any atom is -0.394 e. The highest BCUT2D eigenvalue weighted by atomic mass is 16.3. The van der Waals surface area contributed by atoms with Gasteiger partial charge in [-0.15, -0.1) is 0 Å². The van der Waals surface area contributed by atoms with Gasteiger partial charge < -0.3 is 10.4 Å². The third-order valence-electron chi connectivity index (χ3n) is 4.11. The first-order valence-electron chi connectivity index (χ1n) is 7.80. The third-order valence-corrected chi connectivity index (χ3v) is 4.11. The Morgan fingerprint density at radius 2 is 1.87 bits per heavy atom. The normalized spacial score (nSPS) is 12.7. The molecule has 0 aliphatic rings. The van der Waals surface area contributed by atoms with Gasteiger partial charge in [0.1, 0.15) is 0 Å². The molecule has 4 nitrogen and oxygen atoms in total.